The normalized spacial score (nSPS) is 13.2. The standard InChI is InChI=1S/C21H22FNO3/c1-3-11-26-19-10-7-16(13-20(19)25-2)21(24)23(18-8-9-18)14-15-5-4-6-17(22)12-15/h3-7,10,12-13,18H,1,8-9,11,14H2,2H3. The lowest BCUT2D eigenvalue weighted by Gasteiger charge is -2.23. The molecule has 1 amide bonds. The average molecular weight is 355 g/mol. The van der Waals surface area contributed by atoms with E-state index in [1.807, 2.05) is 6.07 Å². The highest BCUT2D eigenvalue weighted by Crippen LogP contribution is 2.33. The van der Waals surface area contributed by atoms with Gasteiger partial charge in [-0.1, -0.05) is 24.8 Å². The molecule has 1 fully saturated rings. The molecule has 0 spiro atoms. The third kappa shape index (κ3) is 4.23. The van der Waals surface area contributed by atoms with Crippen LogP contribution in [-0.2, 0) is 6.54 Å². The van der Waals surface area contributed by atoms with Crippen molar-refractivity contribution < 1.29 is 18.7 Å². The van der Waals surface area contributed by atoms with Crippen LogP contribution in [-0.4, -0.2) is 30.6 Å². The summed E-state index contributed by atoms with van der Waals surface area (Å²) in [5, 5.41) is 0. The molecule has 0 saturated heterocycles. The first-order valence-corrected chi connectivity index (χ1v) is 8.59. The van der Waals surface area contributed by atoms with Crippen molar-refractivity contribution in [1.82, 2.24) is 4.90 Å². The Hall–Kier alpha value is -2.82. The van der Waals surface area contributed by atoms with Crippen LogP contribution < -0.4 is 9.47 Å². The molecular weight excluding hydrogens is 333 g/mol. The van der Waals surface area contributed by atoms with Gasteiger partial charge in [-0.3, -0.25) is 4.79 Å². The minimum atomic E-state index is -0.295. The monoisotopic (exact) mass is 355 g/mol. The second kappa shape index (κ2) is 8.04. The number of hydrogen-bond donors (Lipinski definition) is 0. The van der Waals surface area contributed by atoms with E-state index in [2.05, 4.69) is 6.58 Å². The van der Waals surface area contributed by atoms with Crippen LogP contribution in [0.25, 0.3) is 0 Å². The number of carbonyl (C=O) groups is 1. The number of methoxy groups -OCH3 is 1. The fourth-order valence-corrected chi connectivity index (χ4v) is 2.82. The van der Waals surface area contributed by atoms with Gasteiger partial charge < -0.3 is 14.4 Å². The van der Waals surface area contributed by atoms with Crippen LogP contribution in [0.15, 0.2) is 55.1 Å². The van der Waals surface area contributed by atoms with E-state index in [4.69, 9.17) is 9.47 Å². The molecule has 1 saturated carbocycles. The molecule has 3 rings (SSSR count). The maximum absolute atomic E-state index is 13.5. The van der Waals surface area contributed by atoms with Gasteiger partial charge in [-0.15, -0.1) is 0 Å². The van der Waals surface area contributed by atoms with Gasteiger partial charge in [0.15, 0.2) is 11.5 Å². The Morgan fingerprint density at radius 2 is 2.08 bits per heavy atom. The van der Waals surface area contributed by atoms with Crippen molar-refractivity contribution in [2.45, 2.75) is 25.4 Å². The summed E-state index contributed by atoms with van der Waals surface area (Å²) in [4.78, 5) is 14.8. The van der Waals surface area contributed by atoms with Gasteiger partial charge in [0.05, 0.1) is 7.11 Å². The number of halogens is 1. The highest BCUT2D eigenvalue weighted by atomic mass is 19.1. The molecule has 0 heterocycles. The molecule has 1 aliphatic carbocycles. The molecule has 1 aliphatic rings. The van der Waals surface area contributed by atoms with E-state index in [0.29, 0.717) is 30.2 Å². The maximum atomic E-state index is 13.5. The highest BCUT2D eigenvalue weighted by molar-refractivity contribution is 5.95. The molecule has 0 aromatic heterocycles. The molecule has 0 N–H and O–H groups in total. The van der Waals surface area contributed by atoms with Gasteiger partial charge in [0.25, 0.3) is 5.91 Å². The minimum Gasteiger partial charge on any atom is -0.493 e. The number of benzene rings is 2. The summed E-state index contributed by atoms with van der Waals surface area (Å²) in [7, 11) is 1.54. The summed E-state index contributed by atoms with van der Waals surface area (Å²) in [5.74, 6) is 0.674. The minimum absolute atomic E-state index is 0.0923. The van der Waals surface area contributed by atoms with Crippen LogP contribution in [0.4, 0.5) is 4.39 Å². The summed E-state index contributed by atoms with van der Waals surface area (Å²) >= 11 is 0. The van der Waals surface area contributed by atoms with Gasteiger partial charge in [0.2, 0.25) is 0 Å². The molecule has 5 heteroatoms. The molecule has 0 bridgehead atoms. The highest BCUT2D eigenvalue weighted by Gasteiger charge is 2.33. The Bertz CT molecular complexity index is 802. The van der Waals surface area contributed by atoms with Crippen LogP contribution in [0, 0.1) is 5.82 Å². The Kier molecular flexibility index (Phi) is 5.56. The van der Waals surface area contributed by atoms with Crippen LogP contribution >= 0.6 is 0 Å². The van der Waals surface area contributed by atoms with E-state index in [-0.39, 0.29) is 17.8 Å². The predicted octanol–water partition coefficient (Wildman–Crippen LogP) is 4.20. The van der Waals surface area contributed by atoms with E-state index < -0.39 is 0 Å². The smallest absolute Gasteiger partial charge is 0.254 e. The topological polar surface area (TPSA) is 38.8 Å². The lowest BCUT2D eigenvalue weighted by Crippen LogP contribution is -2.32. The zero-order chi connectivity index (χ0) is 18.5. The number of nitrogens with zero attached hydrogens (tertiary/aromatic N) is 1. The summed E-state index contributed by atoms with van der Waals surface area (Å²) < 4.78 is 24.3. The molecule has 2 aromatic rings. The fraction of sp³-hybridized carbons (Fsp3) is 0.286. The first kappa shape index (κ1) is 18.0. The molecule has 0 radical (unpaired) electrons. The van der Waals surface area contributed by atoms with Crippen molar-refractivity contribution in [1.29, 1.82) is 0 Å². The number of amides is 1. The second-order valence-corrected chi connectivity index (χ2v) is 6.26. The summed E-state index contributed by atoms with van der Waals surface area (Å²) in [6.07, 6.45) is 3.59. The third-order valence-corrected chi connectivity index (χ3v) is 4.26. The zero-order valence-corrected chi connectivity index (χ0v) is 14.8. The first-order chi connectivity index (χ1) is 12.6. The van der Waals surface area contributed by atoms with Crippen molar-refractivity contribution in [3.8, 4) is 11.5 Å². The Morgan fingerprint density at radius 1 is 1.27 bits per heavy atom. The van der Waals surface area contributed by atoms with E-state index in [1.54, 1.807) is 35.2 Å². The number of hydrogen-bond acceptors (Lipinski definition) is 3. The van der Waals surface area contributed by atoms with Gasteiger partial charge in [0.1, 0.15) is 12.4 Å². The molecule has 4 nitrogen and oxygen atoms in total. The van der Waals surface area contributed by atoms with Gasteiger partial charge in [0, 0.05) is 18.2 Å². The van der Waals surface area contributed by atoms with Gasteiger partial charge >= 0.3 is 0 Å². The van der Waals surface area contributed by atoms with Crippen LogP contribution in [0.5, 0.6) is 11.5 Å². The van der Waals surface area contributed by atoms with E-state index in [1.165, 1.54) is 19.2 Å². The van der Waals surface area contributed by atoms with E-state index in [9.17, 15) is 9.18 Å². The van der Waals surface area contributed by atoms with Crippen molar-refractivity contribution >= 4 is 5.91 Å². The average Bonchev–Trinajstić information content (AvgIpc) is 3.49. The SMILES string of the molecule is C=CCOc1ccc(C(=O)N(Cc2cccc(F)c2)C2CC2)cc1OC. The van der Waals surface area contributed by atoms with E-state index in [0.717, 1.165) is 18.4 Å². The van der Waals surface area contributed by atoms with Crippen LogP contribution in [0.2, 0.25) is 0 Å². The largest absolute Gasteiger partial charge is 0.493 e. The van der Waals surface area contributed by atoms with Crippen LogP contribution in [0.3, 0.4) is 0 Å². The molecule has 26 heavy (non-hydrogen) atoms. The number of ether oxygens (including phenoxy) is 2. The molecule has 0 aliphatic heterocycles. The first-order valence-electron chi connectivity index (χ1n) is 8.59. The summed E-state index contributed by atoms with van der Waals surface area (Å²) in [5.41, 5.74) is 1.30. The lowest BCUT2D eigenvalue weighted by atomic mass is 10.1. The van der Waals surface area contributed by atoms with Gasteiger partial charge in [-0.2, -0.15) is 0 Å². The number of carbonyl (C=O) groups excluding carboxylic acids is 1. The van der Waals surface area contributed by atoms with Crippen molar-refractivity contribution in [2.75, 3.05) is 13.7 Å². The van der Waals surface area contributed by atoms with E-state index >= 15 is 0 Å². The predicted molar refractivity (Wildman–Crippen MR) is 98.0 cm³/mol. The zero-order valence-electron chi connectivity index (χ0n) is 14.8. The van der Waals surface area contributed by atoms with Gasteiger partial charge in [-0.25, -0.2) is 4.39 Å². The Balaban J connectivity index is 1.82. The molecular formula is C21H22FNO3. The molecule has 136 valence electrons. The second-order valence-electron chi connectivity index (χ2n) is 6.26. The number of rotatable bonds is 8. The molecule has 0 atom stereocenters. The third-order valence-electron chi connectivity index (χ3n) is 4.26. The van der Waals surface area contributed by atoms with Crippen molar-refractivity contribution in [2.24, 2.45) is 0 Å². The van der Waals surface area contributed by atoms with Crippen molar-refractivity contribution in [3.63, 3.8) is 0 Å². The maximum Gasteiger partial charge on any atom is 0.254 e. The van der Waals surface area contributed by atoms with Gasteiger partial charge in [-0.05, 0) is 48.7 Å². The lowest BCUT2D eigenvalue weighted by molar-refractivity contribution is 0.0729. The Labute approximate surface area is 152 Å². The molecule has 0 unspecified atom stereocenters. The Morgan fingerprint density at radius 3 is 2.73 bits per heavy atom. The quantitative estimate of drug-likeness (QED) is 0.666. The fourth-order valence-electron chi connectivity index (χ4n) is 2.82. The summed E-state index contributed by atoms with van der Waals surface area (Å²) in [6.45, 7) is 4.37. The van der Waals surface area contributed by atoms with Crippen LogP contribution in [0.1, 0.15) is 28.8 Å². The molecule has 2 aromatic carbocycles. The van der Waals surface area contributed by atoms with Crippen molar-refractivity contribution in [3.05, 3.63) is 72.1 Å². The summed E-state index contributed by atoms with van der Waals surface area (Å²) in [6, 6.07) is 11.7.